The highest BCUT2D eigenvalue weighted by atomic mass is 32.1. The molecule has 1 N–H and O–H groups in total. The van der Waals surface area contributed by atoms with E-state index in [9.17, 15) is 18.0 Å². The third-order valence-corrected chi connectivity index (χ3v) is 4.95. The van der Waals surface area contributed by atoms with Gasteiger partial charge >= 0.3 is 12.2 Å². The molecule has 0 spiro atoms. The predicted octanol–water partition coefficient (Wildman–Crippen LogP) is 3.91. The van der Waals surface area contributed by atoms with Crippen LogP contribution in [0.3, 0.4) is 0 Å². The van der Waals surface area contributed by atoms with E-state index in [4.69, 9.17) is 4.74 Å². The van der Waals surface area contributed by atoms with Crippen LogP contribution in [0.15, 0.2) is 35.8 Å². The van der Waals surface area contributed by atoms with Crippen molar-refractivity contribution in [1.29, 1.82) is 0 Å². The molecule has 0 bridgehead atoms. The maximum absolute atomic E-state index is 12.5. The highest BCUT2D eigenvalue weighted by Gasteiger charge is 2.31. The van der Waals surface area contributed by atoms with Gasteiger partial charge in [0.15, 0.2) is 0 Å². The Bertz CT molecular complexity index is 712. The summed E-state index contributed by atoms with van der Waals surface area (Å²) in [7, 11) is 0. The number of carbonyl (C=O) groups excluding carboxylic acids is 1. The number of hydrogen-bond acceptors (Lipinski definition) is 4. The van der Waals surface area contributed by atoms with Crippen LogP contribution in [0.25, 0.3) is 0 Å². The number of carbonyl (C=O) groups is 1. The molecule has 0 unspecified atom stereocenters. The van der Waals surface area contributed by atoms with E-state index < -0.39 is 11.7 Å². The summed E-state index contributed by atoms with van der Waals surface area (Å²) in [5, 5.41) is 4.84. The van der Waals surface area contributed by atoms with Gasteiger partial charge in [-0.2, -0.15) is 13.2 Å². The number of nitrogens with zero attached hydrogens (tertiary/aromatic N) is 2. The van der Waals surface area contributed by atoms with Crippen LogP contribution < -0.4 is 10.1 Å². The lowest BCUT2D eigenvalue weighted by molar-refractivity contribution is -0.137. The number of rotatable bonds is 4. The Balaban J connectivity index is 1.44. The number of halogens is 3. The number of thiophene rings is 1. The molecule has 26 heavy (non-hydrogen) atoms. The lowest BCUT2D eigenvalue weighted by Gasteiger charge is -2.31. The Morgan fingerprint density at radius 3 is 2.65 bits per heavy atom. The lowest BCUT2D eigenvalue weighted by Crippen LogP contribution is -2.46. The van der Waals surface area contributed by atoms with E-state index in [1.165, 1.54) is 6.07 Å². The third kappa shape index (κ3) is 4.87. The van der Waals surface area contributed by atoms with Crippen molar-refractivity contribution >= 4 is 17.4 Å². The highest BCUT2D eigenvalue weighted by molar-refractivity contribution is 7.09. The zero-order valence-electron chi connectivity index (χ0n) is 13.8. The van der Waals surface area contributed by atoms with Crippen molar-refractivity contribution in [1.82, 2.24) is 15.2 Å². The van der Waals surface area contributed by atoms with E-state index >= 15 is 0 Å². The first-order valence-corrected chi connectivity index (χ1v) is 9.05. The number of amides is 2. The normalized spacial score (nSPS) is 15.7. The fourth-order valence-electron chi connectivity index (χ4n) is 2.65. The topological polar surface area (TPSA) is 54.5 Å². The van der Waals surface area contributed by atoms with Gasteiger partial charge in [-0.1, -0.05) is 6.07 Å². The minimum Gasteiger partial charge on any atom is -0.474 e. The molecule has 1 saturated heterocycles. The quantitative estimate of drug-likeness (QED) is 0.868. The van der Waals surface area contributed by atoms with Crippen LogP contribution in [0.2, 0.25) is 0 Å². The molecule has 3 heterocycles. The van der Waals surface area contributed by atoms with Crippen molar-refractivity contribution in [2.45, 2.75) is 31.7 Å². The molecule has 140 valence electrons. The average Bonchev–Trinajstić information content (AvgIpc) is 3.13. The molecule has 0 saturated carbocycles. The van der Waals surface area contributed by atoms with Crippen molar-refractivity contribution in [2.75, 3.05) is 13.1 Å². The SMILES string of the molecule is O=C(NCc1cccs1)N1CCC(Oc2ccc(C(F)(F)F)cn2)CC1. The predicted molar refractivity (Wildman–Crippen MR) is 91.0 cm³/mol. The molecular formula is C17H18F3N3O2S. The summed E-state index contributed by atoms with van der Waals surface area (Å²) in [4.78, 5) is 18.7. The number of piperidine rings is 1. The molecule has 3 rings (SSSR count). The molecular weight excluding hydrogens is 367 g/mol. The second-order valence-electron chi connectivity index (χ2n) is 5.93. The van der Waals surface area contributed by atoms with E-state index in [0.29, 0.717) is 32.5 Å². The Morgan fingerprint density at radius 2 is 2.08 bits per heavy atom. The average molecular weight is 385 g/mol. The van der Waals surface area contributed by atoms with Crippen molar-refractivity contribution in [3.8, 4) is 5.88 Å². The Kier molecular flexibility index (Phi) is 5.65. The summed E-state index contributed by atoms with van der Waals surface area (Å²) < 4.78 is 43.2. The molecule has 1 aliphatic heterocycles. The van der Waals surface area contributed by atoms with E-state index in [1.54, 1.807) is 16.2 Å². The van der Waals surface area contributed by atoms with Crippen molar-refractivity contribution < 1.29 is 22.7 Å². The van der Waals surface area contributed by atoms with Gasteiger partial charge in [-0.3, -0.25) is 0 Å². The highest BCUT2D eigenvalue weighted by Crippen LogP contribution is 2.29. The summed E-state index contributed by atoms with van der Waals surface area (Å²) in [6.45, 7) is 1.56. The van der Waals surface area contributed by atoms with Crippen LogP contribution in [0.5, 0.6) is 5.88 Å². The Labute approximate surface area is 152 Å². The van der Waals surface area contributed by atoms with Gasteiger partial charge in [-0.25, -0.2) is 9.78 Å². The first-order chi connectivity index (χ1) is 12.4. The molecule has 9 heteroatoms. The number of likely N-dealkylation sites (tertiary alicyclic amines) is 1. The molecule has 2 aromatic rings. The monoisotopic (exact) mass is 385 g/mol. The standard InChI is InChI=1S/C17H18F3N3O2S/c18-17(19,20)12-3-4-15(21-10-12)25-13-5-7-23(8-6-13)16(24)22-11-14-2-1-9-26-14/h1-4,9-10,13H,5-8,11H2,(H,22,24). The van der Waals surface area contributed by atoms with Crippen LogP contribution in [0.1, 0.15) is 23.3 Å². The number of aromatic nitrogens is 1. The minimum absolute atomic E-state index is 0.121. The maximum Gasteiger partial charge on any atom is 0.417 e. The van der Waals surface area contributed by atoms with Gasteiger partial charge in [-0.05, 0) is 17.5 Å². The van der Waals surface area contributed by atoms with E-state index in [2.05, 4.69) is 10.3 Å². The first-order valence-electron chi connectivity index (χ1n) is 8.17. The molecule has 0 radical (unpaired) electrons. The van der Waals surface area contributed by atoms with Gasteiger partial charge in [-0.15, -0.1) is 11.3 Å². The third-order valence-electron chi connectivity index (χ3n) is 4.07. The second-order valence-corrected chi connectivity index (χ2v) is 6.96. The van der Waals surface area contributed by atoms with Gasteiger partial charge in [0.05, 0.1) is 12.1 Å². The van der Waals surface area contributed by atoms with Gasteiger partial charge < -0.3 is 15.0 Å². The number of nitrogens with one attached hydrogen (secondary N) is 1. The summed E-state index contributed by atoms with van der Waals surface area (Å²) in [6, 6.07) is 5.95. The Morgan fingerprint density at radius 1 is 1.31 bits per heavy atom. The van der Waals surface area contributed by atoms with E-state index in [-0.39, 0.29) is 18.0 Å². The number of pyridine rings is 1. The van der Waals surface area contributed by atoms with E-state index in [0.717, 1.165) is 17.1 Å². The van der Waals surface area contributed by atoms with Crippen molar-refractivity contribution in [2.24, 2.45) is 0 Å². The van der Waals surface area contributed by atoms with Gasteiger partial charge in [0, 0.05) is 43.1 Å². The molecule has 2 aromatic heterocycles. The number of urea groups is 1. The molecule has 0 aliphatic carbocycles. The second kappa shape index (κ2) is 7.94. The molecule has 0 atom stereocenters. The zero-order chi connectivity index (χ0) is 18.6. The maximum atomic E-state index is 12.5. The fraction of sp³-hybridized carbons (Fsp3) is 0.412. The number of hydrogen-bond donors (Lipinski definition) is 1. The summed E-state index contributed by atoms with van der Waals surface area (Å²) in [5.74, 6) is 0.165. The molecule has 1 aliphatic rings. The van der Waals surface area contributed by atoms with Crippen LogP contribution in [0.4, 0.5) is 18.0 Å². The number of alkyl halides is 3. The Hall–Kier alpha value is -2.29. The molecule has 0 aromatic carbocycles. The van der Waals surface area contributed by atoms with Gasteiger partial charge in [0.2, 0.25) is 5.88 Å². The van der Waals surface area contributed by atoms with Crippen LogP contribution in [-0.2, 0) is 12.7 Å². The van der Waals surface area contributed by atoms with Crippen molar-refractivity contribution in [3.63, 3.8) is 0 Å². The van der Waals surface area contributed by atoms with Crippen LogP contribution >= 0.6 is 11.3 Å². The fourth-order valence-corrected chi connectivity index (χ4v) is 3.30. The lowest BCUT2D eigenvalue weighted by atomic mass is 10.1. The van der Waals surface area contributed by atoms with Crippen LogP contribution in [-0.4, -0.2) is 35.1 Å². The van der Waals surface area contributed by atoms with E-state index in [1.807, 2.05) is 17.5 Å². The summed E-state index contributed by atoms with van der Waals surface area (Å²) in [5.41, 5.74) is -0.804. The molecule has 2 amide bonds. The smallest absolute Gasteiger partial charge is 0.417 e. The zero-order valence-corrected chi connectivity index (χ0v) is 14.6. The summed E-state index contributed by atoms with van der Waals surface area (Å²) in [6.07, 6.45) is -2.60. The minimum atomic E-state index is -4.41. The van der Waals surface area contributed by atoms with Crippen molar-refractivity contribution in [3.05, 3.63) is 46.3 Å². The first kappa shape index (κ1) is 18.5. The molecule has 1 fully saturated rings. The summed E-state index contributed by atoms with van der Waals surface area (Å²) >= 11 is 1.59. The largest absolute Gasteiger partial charge is 0.474 e. The number of ether oxygens (including phenoxy) is 1. The molecule has 5 nitrogen and oxygen atoms in total. The van der Waals surface area contributed by atoms with Crippen LogP contribution in [0, 0.1) is 0 Å². The van der Waals surface area contributed by atoms with Gasteiger partial charge in [0.1, 0.15) is 6.10 Å². The van der Waals surface area contributed by atoms with Gasteiger partial charge in [0.25, 0.3) is 0 Å².